The lowest BCUT2D eigenvalue weighted by Gasteiger charge is -2.06. The van der Waals surface area contributed by atoms with Crippen molar-refractivity contribution in [1.82, 2.24) is 4.57 Å². The summed E-state index contributed by atoms with van der Waals surface area (Å²) >= 11 is 0. The predicted octanol–water partition coefficient (Wildman–Crippen LogP) is 2.62. The van der Waals surface area contributed by atoms with Crippen LogP contribution >= 0.6 is 0 Å². The molecule has 2 aromatic rings. The summed E-state index contributed by atoms with van der Waals surface area (Å²) in [7, 11) is 0. The van der Waals surface area contributed by atoms with Gasteiger partial charge in [0, 0.05) is 10.3 Å². The molecule has 0 unspecified atom stereocenters. The van der Waals surface area contributed by atoms with Crippen molar-refractivity contribution in [1.29, 1.82) is 0 Å². The fourth-order valence-corrected chi connectivity index (χ4v) is 1.93. The van der Waals surface area contributed by atoms with Gasteiger partial charge >= 0.3 is 12.6 Å². The fraction of sp³-hybridized carbons (Fsp3) is 0.0909. The van der Waals surface area contributed by atoms with Gasteiger partial charge in [-0.25, -0.2) is 4.79 Å². The first-order valence-electron chi connectivity index (χ1n) is 5.44. The lowest BCUT2D eigenvalue weighted by atomic mass is 10.2. The SMILES string of the molecule is [N-]=[N+]=NC(=O)c1c(OC(F)F)c2ccccc2n1C(N)=O. The number of para-hydroxylation sites is 1. The number of rotatable bonds is 3. The van der Waals surface area contributed by atoms with Crippen LogP contribution in [0.3, 0.4) is 0 Å². The number of nitrogens with two attached hydrogens (primary N) is 1. The van der Waals surface area contributed by atoms with Crippen molar-refractivity contribution in [2.45, 2.75) is 6.61 Å². The molecule has 0 saturated heterocycles. The van der Waals surface area contributed by atoms with Gasteiger partial charge in [-0.05, 0) is 22.8 Å². The standard InChI is InChI=1S/C11H7F2N5O3/c12-10(13)21-8-5-3-1-2-4-6(5)18(11(14)20)7(8)9(19)16-17-15/h1-4,10H,(H2,14,20). The summed E-state index contributed by atoms with van der Waals surface area (Å²) in [6, 6.07) is 4.64. The Hall–Kier alpha value is -3.13. The molecule has 2 amide bonds. The maximum absolute atomic E-state index is 12.5. The first-order valence-corrected chi connectivity index (χ1v) is 5.44. The third-order valence-electron chi connectivity index (χ3n) is 2.59. The van der Waals surface area contributed by atoms with E-state index >= 15 is 0 Å². The molecular formula is C11H7F2N5O3. The van der Waals surface area contributed by atoms with Gasteiger partial charge in [-0.2, -0.15) is 8.78 Å². The second-order valence-corrected chi connectivity index (χ2v) is 3.74. The van der Waals surface area contributed by atoms with E-state index in [9.17, 15) is 18.4 Å². The Kier molecular flexibility index (Phi) is 3.72. The highest BCUT2D eigenvalue weighted by Gasteiger charge is 2.27. The number of ether oxygens (including phenoxy) is 1. The molecule has 0 aliphatic heterocycles. The minimum absolute atomic E-state index is 0.0630. The van der Waals surface area contributed by atoms with Crippen LogP contribution in [0.25, 0.3) is 21.3 Å². The van der Waals surface area contributed by atoms with Gasteiger partial charge in [0.25, 0.3) is 5.91 Å². The molecule has 1 heterocycles. The predicted molar refractivity (Wildman–Crippen MR) is 67.0 cm³/mol. The first-order chi connectivity index (χ1) is 9.97. The van der Waals surface area contributed by atoms with Gasteiger partial charge in [0.1, 0.15) is 5.69 Å². The van der Waals surface area contributed by atoms with E-state index in [4.69, 9.17) is 11.3 Å². The number of hydrogen-bond acceptors (Lipinski definition) is 3. The van der Waals surface area contributed by atoms with E-state index in [0.717, 1.165) is 0 Å². The van der Waals surface area contributed by atoms with E-state index < -0.39 is 30.0 Å². The number of fused-ring (bicyclic) bond motifs is 1. The van der Waals surface area contributed by atoms with E-state index in [-0.39, 0.29) is 10.9 Å². The van der Waals surface area contributed by atoms with Crippen LogP contribution in [0.1, 0.15) is 10.5 Å². The Bertz CT molecular complexity index is 780. The number of primary amides is 1. The number of benzene rings is 1. The third-order valence-corrected chi connectivity index (χ3v) is 2.59. The molecule has 0 atom stereocenters. The molecule has 0 fully saturated rings. The highest BCUT2D eigenvalue weighted by atomic mass is 19.3. The number of carbonyl (C=O) groups is 2. The van der Waals surface area contributed by atoms with Gasteiger partial charge in [0.2, 0.25) is 0 Å². The molecule has 21 heavy (non-hydrogen) atoms. The van der Waals surface area contributed by atoms with Crippen molar-refractivity contribution in [2.24, 2.45) is 10.8 Å². The number of amides is 2. The Morgan fingerprint density at radius 3 is 2.62 bits per heavy atom. The summed E-state index contributed by atoms with van der Waals surface area (Å²) in [5, 5.41) is 2.85. The number of carbonyl (C=O) groups excluding carboxylic acids is 2. The molecule has 2 N–H and O–H groups in total. The number of alkyl halides is 2. The molecule has 1 aromatic carbocycles. The van der Waals surface area contributed by atoms with E-state index in [0.29, 0.717) is 4.57 Å². The van der Waals surface area contributed by atoms with Crippen LogP contribution in [-0.4, -0.2) is 23.1 Å². The van der Waals surface area contributed by atoms with Gasteiger partial charge in [-0.3, -0.25) is 9.36 Å². The molecule has 0 saturated carbocycles. The molecular weight excluding hydrogens is 288 g/mol. The second-order valence-electron chi connectivity index (χ2n) is 3.74. The average molecular weight is 295 g/mol. The van der Waals surface area contributed by atoms with Gasteiger partial charge < -0.3 is 10.5 Å². The van der Waals surface area contributed by atoms with Gasteiger partial charge in [-0.15, -0.1) is 0 Å². The van der Waals surface area contributed by atoms with Crippen LogP contribution in [0.5, 0.6) is 5.75 Å². The van der Waals surface area contributed by atoms with Crippen LogP contribution in [0.2, 0.25) is 0 Å². The van der Waals surface area contributed by atoms with Crippen LogP contribution in [0.15, 0.2) is 29.4 Å². The fourth-order valence-electron chi connectivity index (χ4n) is 1.93. The molecule has 0 aliphatic rings. The van der Waals surface area contributed by atoms with Crippen LogP contribution in [0.4, 0.5) is 13.6 Å². The number of aromatic nitrogens is 1. The Morgan fingerprint density at radius 1 is 1.38 bits per heavy atom. The maximum Gasteiger partial charge on any atom is 0.387 e. The molecule has 0 bridgehead atoms. The van der Waals surface area contributed by atoms with Crippen LogP contribution < -0.4 is 10.5 Å². The third kappa shape index (κ3) is 2.47. The van der Waals surface area contributed by atoms with E-state index in [1.165, 1.54) is 24.3 Å². The minimum Gasteiger partial charge on any atom is -0.432 e. The highest BCUT2D eigenvalue weighted by Crippen LogP contribution is 2.34. The maximum atomic E-state index is 12.5. The molecule has 1 aromatic heterocycles. The normalized spacial score (nSPS) is 10.4. The Balaban J connectivity index is 2.88. The number of nitrogens with zero attached hydrogens (tertiary/aromatic N) is 4. The molecule has 0 radical (unpaired) electrons. The van der Waals surface area contributed by atoms with Crippen molar-refractivity contribution >= 4 is 22.8 Å². The smallest absolute Gasteiger partial charge is 0.387 e. The summed E-state index contributed by atoms with van der Waals surface area (Å²) in [6.07, 6.45) is 0. The zero-order chi connectivity index (χ0) is 15.6. The largest absolute Gasteiger partial charge is 0.432 e. The van der Waals surface area contributed by atoms with Crippen LogP contribution in [-0.2, 0) is 0 Å². The van der Waals surface area contributed by atoms with Crippen molar-refractivity contribution in [2.75, 3.05) is 0 Å². The zero-order valence-electron chi connectivity index (χ0n) is 10.2. The molecule has 0 aliphatic carbocycles. The Morgan fingerprint density at radius 2 is 2.05 bits per heavy atom. The highest BCUT2D eigenvalue weighted by molar-refractivity contribution is 6.09. The summed E-state index contributed by atoms with van der Waals surface area (Å²) in [5.74, 6) is -1.83. The van der Waals surface area contributed by atoms with Crippen molar-refractivity contribution < 1.29 is 23.1 Å². The summed E-state index contributed by atoms with van der Waals surface area (Å²) in [4.78, 5) is 25.5. The quantitative estimate of drug-likeness (QED) is 0.531. The molecule has 0 spiro atoms. The van der Waals surface area contributed by atoms with Crippen LogP contribution in [0, 0.1) is 0 Å². The van der Waals surface area contributed by atoms with E-state index in [1.807, 2.05) is 0 Å². The summed E-state index contributed by atoms with van der Waals surface area (Å²) in [6.45, 7) is -3.24. The van der Waals surface area contributed by atoms with Crippen molar-refractivity contribution in [3.05, 3.63) is 40.4 Å². The Labute approximate surface area is 115 Å². The average Bonchev–Trinajstić information content (AvgIpc) is 2.73. The number of hydrogen-bond donors (Lipinski definition) is 1. The number of azide groups is 1. The topological polar surface area (TPSA) is 123 Å². The van der Waals surface area contributed by atoms with Gasteiger partial charge in [0.15, 0.2) is 5.75 Å². The molecule has 2 rings (SSSR count). The van der Waals surface area contributed by atoms with Gasteiger partial charge in [0.05, 0.1) is 5.52 Å². The minimum atomic E-state index is -3.24. The molecule has 10 heteroatoms. The number of halogens is 2. The second kappa shape index (κ2) is 5.47. The summed E-state index contributed by atoms with van der Waals surface area (Å²) in [5.41, 5.74) is 12.9. The monoisotopic (exact) mass is 295 g/mol. The lowest BCUT2D eigenvalue weighted by Crippen LogP contribution is -2.23. The first kappa shape index (κ1) is 14.3. The molecule has 108 valence electrons. The zero-order valence-corrected chi connectivity index (χ0v) is 10.2. The lowest BCUT2D eigenvalue weighted by molar-refractivity contribution is -0.0491. The molecule has 8 nitrogen and oxygen atoms in total. The van der Waals surface area contributed by atoms with Gasteiger partial charge in [-0.1, -0.05) is 12.1 Å². The van der Waals surface area contributed by atoms with Crippen molar-refractivity contribution in [3.8, 4) is 5.75 Å². The van der Waals surface area contributed by atoms with Crippen molar-refractivity contribution in [3.63, 3.8) is 0 Å². The van der Waals surface area contributed by atoms with E-state index in [1.54, 1.807) is 0 Å². The summed E-state index contributed by atoms with van der Waals surface area (Å²) < 4.78 is 30.0. The van der Waals surface area contributed by atoms with E-state index in [2.05, 4.69) is 14.8 Å².